The van der Waals surface area contributed by atoms with Gasteiger partial charge in [-0.1, -0.05) is 42.5 Å². The van der Waals surface area contributed by atoms with Crippen LogP contribution in [0.15, 0.2) is 54.6 Å². The van der Waals surface area contributed by atoms with E-state index in [-0.39, 0.29) is 37.1 Å². The summed E-state index contributed by atoms with van der Waals surface area (Å²) in [6, 6.07) is 14.2. The molecule has 0 aliphatic carbocycles. The number of carbonyl (C=O) groups is 2. The molecule has 1 heterocycles. The Balaban J connectivity index is 1.67. The molecule has 1 N–H and O–H groups in total. The lowest BCUT2D eigenvalue weighted by Gasteiger charge is -2.17. The largest absolute Gasteiger partial charge is 0.573 e. The molecule has 1 fully saturated rings. The smallest absolute Gasteiger partial charge is 0.481 e. The van der Waals surface area contributed by atoms with Gasteiger partial charge in [-0.05, 0) is 23.3 Å². The maximum absolute atomic E-state index is 12.6. The molecule has 1 saturated heterocycles. The molecule has 1 amide bonds. The Morgan fingerprint density at radius 2 is 1.68 bits per heavy atom. The predicted molar refractivity (Wildman–Crippen MR) is 93.7 cm³/mol. The number of hydrogen-bond donors (Lipinski definition) is 1. The number of carbonyl (C=O) groups excluding carboxylic acids is 1. The summed E-state index contributed by atoms with van der Waals surface area (Å²) < 4.78 is 40.4. The third kappa shape index (κ3) is 4.82. The van der Waals surface area contributed by atoms with Crippen LogP contribution in [0.2, 0.25) is 0 Å². The lowest BCUT2D eigenvalue weighted by molar-refractivity contribution is -0.274. The molecule has 2 aromatic rings. The van der Waals surface area contributed by atoms with E-state index in [4.69, 9.17) is 0 Å². The summed E-state index contributed by atoms with van der Waals surface area (Å²) in [5, 5.41) is 9.51. The monoisotopic (exact) mass is 393 g/mol. The van der Waals surface area contributed by atoms with Crippen molar-refractivity contribution in [3.8, 4) is 5.75 Å². The van der Waals surface area contributed by atoms with Crippen LogP contribution in [0.3, 0.4) is 0 Å². The highest BCUT2D eigenvalue weighted by Gasteiger charge is 2.40. The van der Waals surface area contributed by atoms with Gasteiger partial charge in [0.1, 0.15) is 5.75 Å². The first-order chi connectivity index (χ1) is 13.2. The zero-order valence-electron chi connectivity index (χ0n) is 14.7. The number of alkyl halides is 3. The Morgan fingerprint density at radius 1 is 1.04 bits per heavy atom. The molecule has 148 valence electrons. The van der Waals surface area contributed by atoms with Crippen LogP contribution >= 0.6 is 0 Å². The quantitative estimate of drug-likeness (QED) is 0.845. The fraction of sp³-hybridized carbons (Fsp3) is 0.300. The molecule has 8 heteroatoms. The average Bonchev–Trinajstić information content (AvgIpc) is 3.09. The van der Waals surface area contributed by atoms with Gasteiger partial charge in [0.05, 0.1) is 12.3 Å². The Labute approximate surface area is 159 Å². The van der Waals surface area contributed by atoms with Crippen LogP contribution in [0.5, 0.6) is 5.75 Å². The van der Waals surface area contributed by atoms with Crippen molar-refractivity contribution in [3.63, 3.8) is 0 Å². The lowest BCUT2D eigenvalue weighted by Crippen LogP contribution is -2.31. The average molecular weight is 393 g/mol. The Hall–Kier alpha value is -3.03. The van der Waals surface area contributed by atoms with Crippen LogP contribution in [0.1, 0.15) is 17.0 Å². The van der Waals surface area contributed by atoms with Crippen molar-refractivity contribution in [2.75, 3.05) is 13.1 Å². The van der Waals surface area contributed by atoms with Gasteiger partial charge in [0.2, 0.25) is 5.91 Å². The third-order valence-electron chi connectivity index (χ3n) is 4.73. The van der Waals surface area contributed by atoms with Gasteiger partial charge in [-0.2, -0.15) is 0 Å². The van der Waals surface area contributed by atoms with Gasteiger partial charge in [0.15, 0.2) is 0 Å². The summed E-state index contributed by atoms with van der Waals surface area (Å²) in [7, 11) is 0. The van der Waals surface area contributed by atoms with Crippen LogP contribution in [-0.4, -0.2) is 41.3 Å². The molecule has 0 saturated carbocycles. The third-order valence-corrected chi connectivity index (χ3v) is 4.73. The number of carboxylic acids is 1. The predicted octanol–water partition coefficient (Wildman–Crippen LogP) is 3.45. The van der Waals surface area contributed by atoms with E-state index in [0.29, 0.717) is 5.56 Å². The number of likely N-dealkylation sites (tertiary alicyclic amines) is 1. The maximum atomic E-state index is 12.6. The molecule has 2 atom stereocenters. The molecule has 5 nitrogen and oxygen atoms in total. The second-order valence-corrected chi connectivity index (χ2v) is 6.63. The number of rotatable bonds is 5. The van der Waals surface area contributed by atoms with Gasteiger partial charge in [-0.3, -0.25) is 9.59 Å². The zero-order chi connectivity index (χ0) is 20.3. The highest BCUT2D eigenvalue weighted by molar-refractivity contribution is 5.81. The van der Waals surface area contributed by atoms with Crippen molar-refractivity contribution in [2.45, 2.75) is 18.7 Å². The minimum Gasteiger partial charge on any atom is -0.481 e. The first-order valence-electron chi connectivity index (χ1n) is 8.63. The van der Waals surface area contributed by atoms with Crippen LogP contribution in [0.4, 0.5) is 13.2 Å². The van der Waals surface area contributed by atoms with Crippen molar-refractivity contribution in [1.29, 1.82) is 0 Å². The fourth-order valence-corrected chi connectivity index (χ4v) is 3.39. The molecule has 0 bridgehead atoms. The molecule has 1 aliphatic heterocycles. The molecule has 3 rings (SSSR count). The minimum absolute atomic E-state index is 0.0276. The molecule has 0 spiro atoms. The number of carboxylic acid groups (broad SMARTS) is 1. The second kappa shape index (κ2) is 7.92. The topological polar surface area (TPSA) is 66.8 Å². The Kier molecular flexibility index (Phi) is 5.58. The number of amides is 1. The highest BCUT2D eigenvalue weighted by Crippen LogP contribution is 2.33. The van der Waals surface area contributed by atoms with E-state index in [9.17, 15) is 27.9 Å². The SMILES string of the molecule is O=C(O)C1CN(C(=O)Cc2ccc(OC(F)(F)F)cc2)CC1c1ccccc1. The van der Waals surface area contributed by atoms with Crippen LogP contribution < -0.4 is 4.74 Å². The second-order valence-electron chi connectivity index (χ2n) is 6.63. The summed E-state index contributed by atoms with van der Waals surface area (Å²) >= 11 is 0. The fourth-order valence-electron chi connectivity index (χ4n) is 3.39. The highest BCUT2D eigenvalue weighted by atomic mass is 19.4. The van der Waals surface area contributed by atoms with Crippen molar-refractivity contribution < 1.29 is 32.6 Å². The van der Waals surface area contributed by atoms with Crippen LogP contribution in [0.25, 0.3) is 0 Å². The normalized spacial score (nSPS) is 19.5. The molecule has 1 aliphatic rings. The Morgan fingerprint density at radius 3 is 2.25 bits per heavy atom. The summed E-state index contributed by atoms with van der Waals surface area (Å²) in [4.78, 5) is 25.7. The number of hydrogen-bond acceptors (Lipinski definition) is 3. The number of nitrogens with zero attached hydrogens (tertiary/aromatic N) is 1. The van der Waals surface area contributed by atoms with Gasteiger partial charge in [-0.15, -0.1) is 13.2 Å². The summed E-state index contributed by atoms with van der Waals surface area (Å²) in [6.45, 7) is 0.387. The van der Waals surface area contributed by atoms with Gasteiger partial charge >= 0.3 is 12.3 Å². The van der Waals surface area contributed by atoms with Crippen LogP contribution in [-0.2, 0) is 16.0 Å². The first kappa shape index (κ1) is 19.7. The molecule has 0 aromatic heterocycles. The van der Waals surface area contributed by atoms with Crippen molar-refractivity contribution in [1.82, 2.24) is 4.90 Å². The summed E-state index contributed by atoms with van der Waals surface area (Å²) in [5.74, 6) is -2.59. The zero-order valence-corrected chi connectivity index (χ0v) is 14.7. The maximum Gasteiger partial charge on any atom is 0.573 e. The van der Waals surface area contributed by atoms with Crippen LogP contribution in [0, 0.1) is 5.92 Å². The summed E-state index contributed by atoms with van der Waals surface area (Å²) in [5.41, 5.74) is 1.38. The number of ether oxygens (including phenoxy) is 1. The molecule has 2 aromatic carbocycles. The standard InChI is InChI=1S/C20H18F3NO4/c21-20(22,23)28-15-8-6-13(7-9-15)10-18(25)24-11-16(17(12-24)19(26)27)14-4-2-1-3-5-14/h1-9,16-17H,10-12H2,(H,26,27). The van der Waals surface area contributed by atoms with Gasteiger partial charge in [0, 0.05) is 19.0 Å². The van der Waals surface area contributed by atoms with Crippen molar-refractivity contribution >= 4 is 11.9 Å². The minimum atomic E-state index is -4.77. The van der Waals surface area contributed by atoms with E-state index in [1.807, 2.05) is 30.3 Å². The van der Waals surface area contributed by atoms with E-state index in [0.717, 1.165) is 17.7 Å². The molecule has 2 unspecified atom stereocenters. The van der Waals surface area contributed by atoms with E-state index in [2.05, 4.69) is 4.74 Å². The molecule has 28 heavy (non-hydrogen) atoms. The van der Waals surface area contributed by atoms with E-state index in [1.165, 1.54) is 17.0 Å². The van der Waals surface area contributed by atoms with Gasteiger partial charge in [0.25, 0.3) is 0 Å². The lowest BCUT2D eigenvalue weighted by atomic mass is 9.89. The van der Waals surface area contributed by atoms with E-state index >= 15 is 0 Å². The van der Waals surface area contributed by atoms with E-state index < -0.39 is 18.2 Å². The van der Waals surface area contributed by atoms with Crippen molar-refractivity contribution in [3.05, 3.63) is 65.7 Å². The Bertz CT molecular complexity index is 837. The molecule has 0 radical (unpaired) electrons. The summed E-state index contributed by atoms with van der Waals surface area (Å²) in [6.07, 6.45) is -4.80. The number of halogens is 3. The van der Waals surface area contributed by atoms with E-state index in [1.54, 1.807) is 0 Å². The van der Waals surface area contributed by atoms with Gasteiger partial charge < -0.3 is 14.7 Å². The molecular formula is C20H18F3NO4. The number of benzene rings is 2. The first-order valence-corrected chi connectivity index (χ1v) is 8.63. The number of aliphatic carboxylic acids is 1. The molecular weight excluding hydrogens is 375 g/mol. The van der Waals surface area contributed by atoms with Gasteiger partial charge in [-0.25, -0.2) is 0 Å². The van der Waals surface area contributed by atoms with Crippen molar-refractivity contribution in [2.24, 2.45) is 5.92 Å².